The van der Waals surface area contributed by atoms with Crippen LogP contribution < -0.4 is 0 Å². The average Bonchev–Trinajstić information content (AvgIpc) is 2.42. The number of hydrogen-bond donors (Lipinski definition) is 0. The summed E-state index contributed by atoms with van der Waals surface area (Å²) in [6.45, 7) is 9.89. The van der Waals surface area contributed by atoms with Crippen molar-refractivity contribution >= 4 is 11.7 Å². The predicted molar refractivity (Wildman–Crippen MR) is 85.7 cm³/mol. The number of rotatable bonds is 7. The summed E-state index contributed by atoms with van der Waals surface area (Å²) in [6.07, 6.45) is 0. The molecule has 0 aliphatic carbocycles. The normalized spacial score (nSPS) is 10.8. The van der Waals surface area contributed by atoms with Crippen LogP contribution in [0.5, 0.6) is 0 Å². The number of hydrogen-bond acceptors (Lipinski definition) is 3. The standard InChI is InChI=1S/C17H26N2O2/c1-6-19(7-2)17(21)12-18(5)11-16(20)15-9-8-13(3)14(4)10-15/h8-10H,6-7,11-12H2,1-5H3. The van der Waals surface area contributed by atoms with Crippen LogP contribution in [0.4, 0.5) is 0 Å². The van der Waals surface area contributed by atoms with Gasteiger partial charge in [-0.1, -0.05) is 12.1 Å². The minimum atomic E-state index is 0.0490. The first-order chi connectivity index (χ1) is 9.88. The Hall–Kier alpha value is -1.68. The first kappa shape index (κ1) is 17.4. The average molecular weight is 290 g/mol. The molecule has 0 saturated carbocycles. The number of aryl methyl sites for hydroxylation is 2. The van der Waals surface area contributed by atoms with Gasteiger partial charge in [0.05, 0.1) is 13.1 Å². The van der Waals surface area contributed by atoms with Crippen LogP contribution in [0, 0.1) is 13.8 Å². The van der Waals surface area contributed by atoms with Gasteiger partial charge in [0, 0.05) is 18.7 Å². The SMILES string of the molecule is CCN(CC)C(=O)CN(C)CC(=O)c1ccc(C)c(C)c1. The highest BCUT2D eigenvalue weighted by Crippen LogP contribution is 2.10. The van der Waals surface area contributed by atoms with Gasteiger partial charge in [-0.2, -0.15) is 0 Å². The Kier molecular flexibility index (Phi) is 6.56. The molecular weight excluding hydrogens is 264 g/mol. The zero-order chi connectivity index (χ0) is 16.0. The maximum absolute atomic E-state index is 12.2. The number of carbonyl (C=O) groups is 2. The molecule has 0 saturated heterocycles. The van der Waals surface area contributed by atoms with Crippen molar-refractivity contribution in [2.45, 2.75) is 27.7 Å². The summed E-state index contributed by atoms with van der Waals surface area (Å²) in [4.78, 5) is 27.8. The summed E-state index contributed by atoms with van der Waals surface area (Å²) < 4.78 is 0. The molecular formula is C17H26N2O2. The molecule has 0 unspecified atom stereocenters. The van der Waals surface area contributed by atoms with E-state index in [4.69, 9.17) is 0 Å². The van der Waals surface area contributed by atoms with Gasteiger partial charge in [0.1, 0.15) is 0 Å². The summed E-state index contributed by atoms with van der Waals surface area (Å²) in [5, 5.41) is 0. The van der Waals surface area contributed by atoms with E-state index in [0.29, 0.717) is 18.7 Å². The van der Waals surface area contributed by atoms with Crippen LogP contribution >= 0.6 is 0 Å². The Labute approximate surface area is 127 Å². The molecule has 0 aliphatic rings. The van der Waals surface area contributed by atoms with Gasteiger partial charge in [0.25, 0.3) is 0 Å². The fraction of sp³-hybridized carbons (Fsp3) is 0.529. The Morgan fingerprint density at radius 1 is 1.00 bits per heavy atom. The van der Waals surface area contributed by atoms with Crippen molar-refractivity contribution in [3.05, 3.63) is 34.9 Å². The van der Waals surface area contributed by atoms with Gasteiger partial charge >= 0.3 is 0 Å². The van der Waals surface area contributed by atoms with Crippen molar-refractivity contribution in [3.63, 3.8) is 0 Å². The lowest BCUT2D eigenvalue weighted by Gasteiger charge is -2.22. The molecule has 116 valence electrons. The maximum Gasteiger partial charge on any atom is 0.236 e. The van der Waals surface area contributed by atoms with E-state index >= 15 is 0 Å². The second kappa shape index (κ2) is 7.93. The second-order valence-corrected chi connectivity index (χ2v) is 5.46. The molecule has 0 aliphatic heterocycles. The van der Waals surface area contributed by atoms with Crippen molar-refractivity contribution in [1.29, 1.82) is 0 Å². The largest absolute Gasteiger partial charge is 0.342 e. The fourth-order valence-corrected chi connectivity index (χ4v) is 2.21. The first-order valence-electron chi connectivity index (χ1n) is 7.45. The van der Waals surface area contributed by atoms with E-state index < -0.39 is 0 Å². The zero-order valence-corrected chi connectivity index (χ0v) is 13.8. The highest BCUT2D eigenvalue weighted by atomic mass is 16.2. The van der Waals surface area contributed by atoms with Crippen molar-refractivity contribution in [2.75, 3.05) is 33.2 Å². The number of ketones is 1. The zero-order valence-electron chi connectivity index (χ0n) is 13.8. The van der Waals surface area contributed by atoms with Crippen molar-refractivity contribution in [3.8, 4) is 0 Å². The Morgan fingerprint density at radius 2 is 1.62 bits per heavy atom. The molecule has 0 bridgehead atoms. The van der Waals surface area contributed by atoms with E-state index in [1.165, 1.54) is 5.56 Å². The smallest absolute Gasteiger partial charge is 0.236 e. The van der Waals surface area contributed by atoms with Crippen LogP contribution in [-0.2, 0) is 4.79 Å². The van der Waals surface area contributed by atoms with Gasteiger partial charge in [-0.25, -0.2) is 0 Å². The summed E-state index contributed by atoms with van der Waals surface area (Å²) in [6, 6.07) is 5.73. The number of amides is 1. The summed E-state index contributed by atoms with van der Waals surface area (Å²) in [5.41, 5.74) is 3.00. The van der Waals surface area contributed by atoms with E-state index in [9.17, 15) is 9.59 Å². The first-order valence-corrected chi connectivity index (χ1v) is 7.45. The van der Waals surface area contributed by atoms with E-state index in [1.54, 1.807) is 16.8 Å². The number of carbonyl (C=O) groups excluding carboxylic acids is 2. The predicted octanol–water partition coefficient (Wildman–Crippen LogP) is 2.29. The monoisotopic (exact) mass is 290 g/mol. The molecule has 1 aromatic rings. The lowest BCUT2D eigenvalue weighted by molar-refractivity contribution is -0.131. The second-order valence-electron chi connectivity index (χ2n) is 5.46. The molecule has 1 rings (SSSR count). The van der Waals surface area contributed by atoms with E-state index in [2.05, 4.69) is 0 Å². The van der Waals surface area contributed by atoms with Crippen LogP contribution in [0.15, 0.2) is 18.2 Å². The molecule has 4 heteroatoms. The van der Waals surface area contributed by atoms with Crippen LogP contribution in [0.1, 0.15) is 35.3 Å². The number of benzene rings is 1. The van der Waals surface area contributed by atoms with Crippen LogP contribution in [0.3, 0.4) is 0 Å². The van der Waals surface area contributed by atoms with Gasteiger partial charge in [0.2, 0.25) is 5.91 Å². The van der Waals surface area contributed by atoms with Gasteiger partial charge in [-0.15, -0.1) is 0 Å². The summed E-state index contributed by atoms with van der Waals surface area (Å²) in [5.74, 6) is 0.114. The van der Waals surface area contributed by atoms with Crippen molar-refractivity contribution in [1.82, 2.24) is 9.80 Å². The fourth-order valence-electron chi connectivity index (χ4n) is 2.21. The molecule has 21 heavy (non-hydrogen) atoms. The molecule has 1 amide bonds. The van der Waals surface area contributed by atoms with Crippen LogP contribution in [0.25, 0.3) is 0 Å². The molecule has 0 radical (unpaired) electrons. The summed E-state index contributed by atoms with van der Waals surface area (Å²) in [7, 11) is 1.81. The van der Waals surface area contributed by atoms with Crippen molar-refractivity contribution < 1.29 is 9.59 Å². The molecule has 0 aromatic heterocycles. The van der Waals surface area contributed by atoms with Crippen molar-refractivity contribution in [2.24, 2.45) is 0 Å². The molecule has 0 heterocycles. The molecule has 0 atom stereocenters. The minimum absolute atomic E-state index is 0.0490. The minimum Gasteiger partial charge on any atom is -0.342 e. The third-order valence-electron chi connectivity index (χ3n) is 3.76. The van der Waals surface area contributed by atoms with Gasteiger partial charge < -0.3 is 4.90 Å². The summed E-state index contributed by atoms with van der Waals surface area (Å²) >= 11 is 0. The molecule has 0 spiro atoms. The van der Waals surface area contributed by atoms with E-state index in [0.717, 1.165) is 5.56 Å². The molecule has 0 N–H and O–H groups in total. The van der Waals surface area contributed by atoms with E-state index in [1.807, 2.05) is 45.9 Å². The topological polar surface area (TPSA) is 40.6 Å². The van der Waals surface area contributed by atoms with Gasteiger partial charge in [-0.05, 0) is 51.9 Å². The molecule has 1 aromatic carbocycles. The lowest BCUT2D eigenvalue weighted by atomic mass is 10.0. The number of likely N-dealkylation sites (N-methyl/N-ethyl adjacent to an activating group) is 2. The molecule has 0 fully saturated rings. The Morgan fingerprint density at radius 3 is 2.14 bits per heavy atom. The highest BCUT2D eigenvalue weighted by molar-refractivity contribution is 5.98. The van der Waals surface area contributed by atoms with E-state index in [-0.39, 0.29) is 24.8 Å². The Balaban J connectivity index is 2.61. The highest BCUT2D eigenvalue weighted by Gasteiger charge is 2.15. The van der Waals surface area contributed by atoms with Gasteiger partial charge in [-0.3, -0.25) is 14.5 Å². The molecule has 4 nitrogen and oxygen atoms in total. The van der Waals surface area contributed by atoms with Crippen LogP contribution in [0.2, 0.25) is 0 Å². The quantitative estimate of drug-likeness (QED) is 0.723. The maximum atomic E-state index is 12.2. The third-order valence-corrected chi connectivity index (χ3v) is 3.76. The number of nitrogens with zero attached hydrogens (tertiary/aromatic N) is 2. The third kappa shape index (κ3) is 4.97. The van der Waals surface area contributed by atoms with Gasteiger partial charge in [0.15, 0.2) is 5.78 Å². The van der Waals surface area contributed by atoms with Crippen LogP contribution in [-0.4, -0.2) is 54.7 Å². The number of Topliss-reactive ketones (excluding diaryl/α,β-unsaturated/α-hetero) is 1. The Bertz CT molecular complexity index is 508. The lowest BCUT2D eigenvalue weighted by Crippen LogP contribution is -2.40.